The Morgan fingerprint density at radius 3 is 1.00 bits per heavy atom. The van der Waals surface area contributed by atoms with Gasteiger partial charge in [-0.15, -0.1) is 0 Å². The van der Waals surface area contributed by atoms with Gasteiger partial charge in [0.1, 0.15) is 0 Å². The van der Waals surface area contributed by atoms with Crippen LogP contribution in [0.1, 0.15) is 34.6 Å². The molecule has 97 valence electrons. The van der Waals surface area contributed by atoms with Crippen LogP contribution in [0, 0.1) is 0 Å². The van der Waals surface area contributed by atoms with Crippen molar-refractivity contribution >= 4 is 26.1 Å². The van der Waals surface area contributed by atoms with Crippen molar-refractivity contribution in [3.63, 3.8) is 0 Å². The second-order valence-electron chi connectivity index (χ2n) is 3.07. The first-order valence-electron chi connectivity index (χ1n) is 5.16. The van der Waals surface area contributed by atoms with Crippen LogP contribution in [0.15, 0.2) is 0 Å². The molecule has 0 aliphatic heterocycles. The van der Waals surface area contributed by atoms with Crippen molar-refractivity contribution in [2.45, 2.75) is 50.5 Å². The van der Waals surface area contributed by atoms with E-state index >= 15 is 0 Å². The summed E-state index contributed by atoms with van der Waals surface area (Å²) < 4.78 is 0. The van der Waals surface area contributed by atoms with Crippen LogP contribution in [0.25, 0.3) is 0 Å². The Hall–Kier alpha value is -0.0210. The molecule has 0 aromatic rings. The van der Waals surface area contributed by atoms with E-state index in [0.717, 1.165) is 13.8 Å². The summed E-state index contributed by atoms with van der Waals surface area (Å²) in [6.07, 6.45) is 0. The number of hydrogen-bond acceptors (Lipinski definition) is 4. The third kappa shape index (κ3) is 65.9. The van der Waals surface area contributed by atoms with Crippen molar-refractivity contribution in [1.82, 2.24) is 0 Å². The Morgan fingerprint density at radius 1 is 0.875 bits per heavy atom. The second-order valence-corrected chi connectivity index (χ2v) is 7.26. The number of aliphatic carboxylic acids is 2. The number of rotatable bonds is 3. The number of carboxylic acids is 2. The van der Waals surface area contributed by atoms with Crippen LogP contribution in [0.4, 0.5) is 0 Å². The molecule has 0 fully saturated rings. The van der Waals surface area contributed by atoms with Crippen LogP contribution in [0.3, 0.4) is 0 Å². The molecule has 0 aromatic carbocycles. The van der Waals surface area contributed by atoms with Gasteiger partial charge in [0.05, 0.1) is 0 Å². The van der Waals surface area contributed by atoms with Crippen LogP contribution in [-0.2, 0) is 26.4 Å². The van der Waals surface area contributed by atoms with Crippen molar-refractivity contribution < 1.29 is 36.6 Å². The monoisotopic (exact) mass is 291 g/mol. The SMILES string of the molecule is CC(=O)[O-].CC(=O)[O-].C[CH2][Al]([CH2]C)[CH2]C.[Co+2]. The fourth-order valence-corrected chi connectivity index (χ4v) is 2.60. The van der Waals surface area contributed by atoms with Gasteiger partial charge in [0.2, 0.25) is 0 Å². The van der Waals surface area contributed by atoms with Gasteiger partial charge < -0.3 is 19.8 Å². The Balaban J connectivity index is -0.0000000700. The number of carbonyl (C=O) groups is 2. The Bertz CT molecular complexity index is 135. The van der Waals surface area contributed by atoms with Crippen molar-refractivity contribution in [3.8, 4) is 0 Å². The van der Waals surface area contributed by atoms with E-state index < -0.39 is 11.9 Å². The first-order chi connectivity index (χ1) is 6.81. The van der Waals surface area contributed by atoms with Gasteiger partial charge >= 0.3 is 16.8 Å². The van der Waals surface area contributed by atoms with E-state index in [0.29, 0.717) is 0 Å². The molecule has 0 spiro atoms. The fourth-order valence-electron chi connectivity index (χ4n) is 0.866. The summed E-state index contributed by atoms with van der Waals surface area (Å²) in [5, 5.41) is 22.3. The van der Waals surface area contributed by atoms with Crippen LogP contribution >= 0.6 is 0 Å². The van der Waals surface area contributed by atoms with Crippen molar-refractivity contribution in [2.75, 3.05) is 0 Å². The molecule has 0 amide bonds. The van der Waals surface area contributed by atoms with Gasteiger partial charge in [-0.2, -0.15) is 0 Å². The quantitative estimate of drug-likeness (QED) is 0.688. The summed E-state index contributed by atoms with van der Waals surface area (Å²) in [4.78, 5) is 17.8. The summed E-state index contributed by atoms with van der Waals surface area (Å²) in [7, 11) is 0. The van der Waals surface area contributed by atoms with Crippen LogP contribution in [0.5, 0.6) is 0 Å². The molecule has 0 N–H and O–H groups in total. The van der Waals surface area contributed by atoms with Gasteiger partial charge in [0.15, 0.2) is 0 Å². The molecule has 1 radical (unpaired) electrons. The zero-order valence-electron chi connectivity index (χ0n) is 10.7. The maximum Gasteiger partial charge on any atom is 2.00 e. The molecule has 0 atom stereocenters. The average Bonchev–Trinajstić information content (AvgIpc) is 2.05. The van der Waals surface area contributed by atoms with Gasteiger partial charge in [0, 0.05) is 11.9 Å². The van der Waals surface area contributed by atoms with Crippen LogP contribution in [0.2, 0.25) is 15.8 Å². The third-order valence-corrected chi connectivity index (χ3v) is 5.20. The first-order valence-corrected chi connectivity index (χ1v) is 7.61. The van der Waals surface area contributed by atoms with E-state index in [4.69, 9.17) is 19.8 Å². The Labute approximate surface area is 113 Å². The molecule has 16 heavy (non-hydrogen) atoms. The number of hydrogen-bond donors (Lipinski definition) is 0. The summed E-state index contributed by atoms with van der Waals surface area (Å²) in [5.41, 5.74) is 0. The molecule has 0 aliphatic rings. The molecule has 0 saturated carbocycles. The average molecular weight is 291 g/mol. The summed E-state index contributed by atoms with van der Waals surface area (Å²) in [5.74, 6) is -2.17. The minimum atomic E-state index is -1.08. The summed E-state index contributed by atoms with van der Waals surface area (Å²) in [6.45, 7) is 8.91. The zero-order chi connectivity index (χ0) is 12.9. The molecule has 0 unspecified atom stereocenters. The molecule has 0 bridgehead atoms. The number of carbonyl (C=O) groups excluding carboxylic acids is 2. The molecular weight excluding hydrogens is 270 g/mol. The van der Waals surface area contributed by atoms with Crippen LogP contribution in [-0.4, -0.2) is 26.1 Å². The topological polar surface area (TPSA) is 80.3 Å². The minimum absolute atomic E-state index is 0. The zero-order valence-corrected chi connectivity index (χ0v) is 12.9. The second kappa shape index (κ2) is 20.4. The van der Waals surface area contributed by atoms with Crippen LogP contribution < -0.4 is 10.2 Å². The van der Waals surface area contributed by atoms with E-state index in [1.54, 1.807) is 0 Å². The van der Waals surface area contributed by atoms with E-state index in [-0.39, 0.29) is 30.9 Å². The molecule has 4 nitrogen and oxygen atoms in total. The van der Waals surface area contributed by atoms with E-state index in [2.05, 4.69) is 20.8 Å². The molecule has 0 heterocycles. The Kier molecular flexibility index (Phi) is 31.9. The van der Waals surface area contributed by atoms with Gasteiger partial charge in [-0.05, 0) is 13.8 Å². The minimum Gasteiger partial charge on any atom is -0.550 e. The predicted molar refractivity (Wildman–Crippen MR) is 58.6 cm³/mol. The largest absolute Gasteiger partial charge is 2.00 e. The van der Waals surface area contributed by atoms with Gasteiger partial charge in [-0.1, -0.05) is 36.6 Å². The first kappa shape index (κ1) is 25.0. The Morgan fingerprint density at radius 2 is 1.00 bits per heavy atom. The van der Waals surface area contributed by atoms with E-state index in [1.807, 2.05) is 0 Å². The normalized spacial score (nSPS) is 7.06. The smallest absolute Gasteiger partial charge is 0.550 e. The van der Waals surface area contributed by atoms with Gasteiger partial charge in [-0.3, -0.25) is 0 Å². The van der Waals surface area contributed by atoms with Crippen molar-refractivity contribution in [2.24, 2.45) is 0 Å². The van der Waals surface area contributed by atoms with E-state index in [9.17, 15) is 0 Å². The summed E-state index contributed by atoms with van der Waals surface area (Å²) in [6, 6.07) is 0. The van der Waals surface area contributed by atoms with Gasteiger partial charge in [0.25, 0.3) is 14.1 Å². The van der Waals surface area contributed by atoms with Gasteiger partial charge in [-0.25, -0.2) is 0 Å². The molecule has 0 aliphatic carbocycles. The van der Waals surface area contributed by atoms with Crippen molar-refractivity contribution in [3.05, 3.63) is 0 Å². The molecule has 6 heteroatoms. The molecule has 0 rings (SSSR count). The standard InChI is InChI=1S/2C2H4O2.3C2H5.Al.Co/c2*1-2(3)4;3*1-2;;/h2*1H3,(H,3,4);3*1H2,2H3;;/q;;;;;;+2/p-2. The predicted octanol–water partition coefficient (Wildman–Crippen LogP) is 0.0508. The van der Waals surface area contributed by atoms with Crippen molar-refractivity contribution in [1.29, 1.82) is 0 Å². The van der Waals surface area contributed by atoms with E-state index in [1.165, 1.54) is 15.8 Å². The summed E-state index contributed by atoms with van der Waals surface area (Å²) >= 11 is -0.171. The maximum absolute atomic E-state index is 8.89. The molecular formula is C10H21AlCoO4. The maximum atomic E-state index is 8.89. The third-order valence-electron chi connectivity index (χ3n) is 1.73. The molecule has 0 saturated heterocycles. The number of carboxylic acid groups (broad SMARTS) is 2. The fraction of sp³-hybridized carbons (Fsp3) is 0.800. The molecule has 0 aromatic heterocycles.